The van der Waals surface area contributed by atoms with Crippen molar-refractivity contribution in [1.29, 1.82) is 0 Å². The maximum absolute atomic E-state index is 14.0. The van der Waals surface area contributed by atoms with Crippen LogP contribution in [0.25, 0.3) is 0 Å². The van der Waals surface area contributed by atoms with Crippen LogP contribution < -0.4 is 0 Å². The molecular weight excluding hydrogens is 545 g/mol. The number of aromatic nitrogens is 3. The number of esters is 3. The van der Waals surface area contributed by atoms with Crippen molar-refractivity contribution in [2.24, 2.45) is 16.2 Å². The van der Waals surface area contributed by atoms with E-state index in [9.17, 15) is 24.1 Å². The summed E-state index contributed by atoms with van der Waals surface area (Å²) in [6.07, 6.45) is 2.28. The van der Waals surface area contributed by atoms with Gasteiger partial charge in [-0.15, -0.1) is 5.10 Å². The topological polar surface area (TPSA) is 165 Å². The van der Waals surface area contributed by atoms with E-state index in [-0.39, 0.29) is 25.4 Å². The van der Waals surface area contributed by atoms with Crippen LogP contribution in [-0.2, 0) is 54.5 Å². The van der Waals surface area contributed by atoms with Crippen LogP contribution in [0.5, 0.6) is 0 Å². The average molecular weight is 590 g/mol. The third-order valence-corrected chi connectivity index (χ3v) is 8.38. The number of hydrogen-bond acceptors (Lipinski definition) is 12. The lowest BCUT2D eigenvalue weighted by atomic mass is 9.84. The zero-order valence-corrected chi connectivity index (χ0v) is 25.9. The van der Waals surface area contributed by atoms with Gasteiger partial charge in [-0.1, -0.05) is 0 Å². The molecular formula is C26H44N3O10P. The molecule has 2 atom stereocenters. The van der Waals surface area contributed by atoms with E-state index in [0.717, 1.165) is 0 Å². The summed E-state index contributed by atoms with van der Waals surface area (Å²) in [7, 11) is -4.10. The first-order valence-corrected chi connectivity index (χ1v) is 14.8. The van der Waals surface area contributed by atoms with Gasteiger partial charge in [-0.3, -0.25) is 28.0 Å². The Labute approximate surface area is 235 Å². The Morgan fingerprint density at radius 1 is 0.925 bits per heavy atom. The number of rotatable bonds is 10. The molecule has 1 aromatic rings. The Morgan fingerprint density at radius 2 is 1.40 bits per heavy atom. The molecule has 2 unspecified atom stereocenters. The molecule has 0 saturated heterocycles. The Bertz CT molecular complexity index is 1060. The lowest BCUT2D eigenvalue weighted by molar-refractivity contribution is -0.162. The standard InChI is InChI=1S/C26H44N3O10P/c1-23(2,3)20(30)35-15-29-14-27-19(28-29)26(33)12-10-11-18(13-26)40(34,38-16-36-21(31)24(4,5)6)39-17-37-22(32)25(7,8)9/h14,18,33H,10-13,15-17H2,1-9H3. The zero-order chi connectivity index (χ0) is 30.6. The molecule has 0 radical (unpaired) electrons. The van der Waals surface area contributed by atoms with E-state index >= 15 is 0 Å². The van der Waals surface area contributed by atoms with Crippen LogP contribution in [0.3, 0.4) is 0 Å². The molecule has 228 valence electrons. The second kappa shape index (κ2) is 12.7. The second-order valence-corrected chi connectivity index (χ2v) is 15.4. The minimum Gasteiger partial charge on any atom is -0.442 e. The fourth-order valence-electron chi connectivity index (χ4n) is 3.60. The quantitative estimate of drug-likeness (QED) is 0.178. The molecule has 0 bridgehead atoms. The highest BCUT2D eigenvalue weighted by Crippen LogP contribution is 2.59. The molecule has 1 aliphatic carbocycles. The van der Waals surface area contributed by atoms with Crippen molar-refractivity contribution in [3.05, 3.63) is 12.2 Å². The Kier molecular flexibility index (Phi) is 10.7. The number of nitrogens with zero attached hydrogens (tertiary/aromatic N) is 3. The molecule has 1 aromatic heterocycles. The summed E-state index contributed by atoms with van der Waals surface area (Å²) in [5.41, 5.74) is -4.75. The molecule has 40 heavy (non-hydrogen) atoms. The van der Waals surface area contributed by atoms with E-state index in [1.54, 1.807) is 62.3 Å². The highest BCUT2D eigenvalue weighted by molar-refractivity contribution is 7.54. The minimum atomic E-state index is -4.10. The van der Waals surface area contributed by atoms with Crippen molar-refractivity contribution < 1.29 is 47.3 Å². The number of aliphatic hydroxyl groups is 1. The molecule has 1 saturated carbocycles. The van der Waals surface area contributed by atoms with Crippen molar-refractivity contribution in [3.8, 4) is 0 Å². The molecule has 1 N–H and O–H groups in total. The normalized spacial score (nSPS) is 20.6. The fraction of sp³-hybridized carbons (Fsp3) is 0.808. The summed E-state index contributed by atoms with van der Waals surface area (Å²) >= 11 is 0. The zero-order valence-electron chi connectivity index (χ0n) is 25.0. The molecule has 0 spiro atoms. The first-order valence-electron chi connectivity index (χ1n) is 13.2. The maximum atomic E-state index is 14.0. The van der Waals surface area contributed by atoms with Gasteiger partial charge in [-0.05, 0) is 88.0 Å². The lowest BCUT2D eigenvalue weighted by Gasteiger charge is -2.37. The van der Waals surface area contributed by atoms with Crippen LogP contribution in [0.2, 0.25) is 0 Å². The van der Waals surface area contributed by atoms with Crippen LogP contribution in [0.1, 0.15) is 93.8 Å². The third-order valence-electron chi connectivity index (χ3n) is 6.11. The summed E-state index contributed by atoms with van der Waals surface area (Å²) in [4.78, 5) is 40.6. The van der Waals surface area contributed by atoms with Crippen LogP contribution in [0.15, 0.2) is 6.33 Å². The summed E-state index contributed by atoms with van der Waals surface area (Å²) in [5.74, 6) is -1.50. The van der Waals surface area contributed by atoms with Crippen molar-refractivity contribution in [2.75, 3.05) is 13.6 Å². The average Bonchev–Trinajstić information content (AvgIpc) is 3.30. The molecule has 1 aliphatic rings. The van der Waals surface area contributed by atoms with Crippen molar-refractivity contribution in [2.45, 2.75) is 106 Å². The number of carbonyl (C=O) groups excluding carboxylic acids is 3. The Morgan fingerprint density at radius 3 is 1.88 bits per heavy atom. The fourth-order valence-corrected chi connectivity index (χ4v) is 5.52. The molecule has 2 rings (SSSR count). The van der Waals surface area contributed by atoms with E-state index in [1.807, 2.05) is 0 Å². The molecule has 0 aliphatic heterocycles. The van der Waals surface area contributed by atoms with Gasteiger partial charge in [0.2, 0.25) is 13.6 Å². The molecule has 1 fully saturated rings. The Balaban J connectivity index is 2.18. The Hall–Kier alpha value is -2.34. The summed E-state index contributed by atoms with van der Waals surface area (Å²) < 4.78 is 41.8. The lowest BCUT2D eigenvalue weighted by Crippen LogP contribution is -2.37. The first-order chi connectivity index (χ1) is 18.2. The third kappa shape index (κ3) is 9.36. The van der Waals surface area contributed by atoms with Gasteiger partial charge in [-0.25, -0.2) is 9.67 Å². The van der Waals surface area contributed by atoms with Gasteiger partial charge in [0.25, 0.3) is 0 Å². The largest absolute Gasteiger partial charge is 0.442 e. The second-order valence-electron chi connectivity index (χ2n) is 13.1. The number of ether oxygens (including phenoxy) is 3. The van der Waals surface area contributed by atoms with Crippen LogP contribution in [-0.4, -0.2) is 57.0 Å². The summed E-state index contributed by atoms with van der Waals surface area (Å²) in [6, 6.07) is 0. The van der Waals surface area contributed by atoms with Gasteiger partial charge in [0.05, 0.1) is 21.9 Å². The number of carbonyl (C=O) groups is 3. The van der Waals surface area contributed by atoms with Gasteiger partial charge < -0.3 is 19.3 Å². The van der Waals surface area contributed by atoms with Crippen molar-refractivity contribution in [3.63, 3.8) is 0 Å². The highest BCUT2D eigenvalue weighted by atomic mass is 31.2. The summed E-state index contributed by atoms with van der Waals surface area (Å²) in [6.45, 7) is 13.7. The van der Waals surface area contributed by atoms with Crippen molar-refractivity contribution >= 4 is 25.5 Å². The smallest absolute Gasteiger partial charge is 0.339 e. The number of hydrogen-bond donors (Lipinski definition) is 1. The predicted octanol–water partition coefficient (Wildman–Crippen LogP) is 4.28. The van der Waals surface area contributed by atoms with Gasteiger partial charge >= 0.3 is 25.5 Å². The van der Waals surface area contributed by atoms with Crippen LogP contribution in [0.4, 0.5) is 0 Å². The SMILES string of the molecule is CC(C)(C)C(=O)OCOP(=O)(OCOC(=O)C(C)(C)C)C1CCCC(O)(c2ncn(COC(=O)C(C)(C)C)n2)C1. The van der Waals surface area contributed by atoms with E-state index in [0.29, 0.717) is 12.8 Å². The van der Waals surface area contributed by atoms with Gasteiger partial charge in [-0.2, -0.15) is 0 Å². The molecule has 14 heteroatoms. The molecule has 1 heterocycles. The predicted molar refractivity (Wildman–Crippen MR) is 142 cm³/mol. The van der Waals surface area contributed by atoms with Gasteiger partial charge in [0.1, 0.15) is 11.9 Å². The maximum Gasteiger partial charge on any atom is 0.339 e. The van der Waals surface area contributed by atoms with E-state index in [4.69, 9.17) is 23.3 Å². The van der Waals surface area contributed by atoms with E-state index < -0.39 is 66.6 Å². The minimum absolute atomic E-state index is 0.0638. The molecule has 0 aromatic carbocycles. The first kappa shape index (κ1) is 33.9. The highest BCUT2D eigenvalue weighted by Gasteiger charge is 2.48. The van der Waals surface area contributed by atoms with Crippen molar-refractivity contribution in [1.82, 2.24) is 14.8 Å². The van der Waals surface area contributed by atoms with Gasteiger partial charge in [0, 0.05) is 0 Å². The van der Waals surface area contributed by atoms with E-state index in [2.05, 4.69) is 10.1 Å². The molecule has 0 amide bonds. The van der Waals surface area contributed by atoms with Gasteiger partial charge in [0.15, 0.2) is 12.6 Å². The summed E-state index contributed by atoms with van der Waals surface area (Å²) in [5, 5.41) is 15.8. The monoisotopic (exact) mass is 589 g/mol. The van der Waals surface area contributed by atoms with Crippen LogP contribution >= 0.6 is 7.60 Å². The molecule has 13 nitrogen and oxygen atoms in total. The van der Waals surface area contributed by atoms with Crippen LogP contribution in [0, 0.1) is 16.2 Å². The van der Waals surface area contributed by atoms with E-state index in [1.165, 1.54) is 11.0 Å².